The molecule has 3 rings (SSSR count). The van der Waals surface area contributed by atoms with Gasteiger partial charge in [-0.3, -0.25) is 0 Å². The van der Waals surface area contributed by atoms with E-state index >= 15 is 0 Å². The number of carboxylic acids is 1. The first kappa shape index (κ1) is 19.2. The predicted octanol–water partition coefficient (Wildman–Crippen LogP) is 4.63. The van der Waals surface area contributed by atoms with Gasteiger partial charge in [0.25, 0.3) is 0 Å². The van der Waals surface area contributed by atoms with Crippen molar-refractivity contribution >= 4 is 11.8 Å². The van der Waals surface area contributed by atoms with Crippen molar-refractivity contribution in [3.8, 4) is 16.9 Å². The first-order valence-electron chi connectivity index (χ1n) is 8.13. The lowest BCUT2D eigenvalue weighted by molar-refractivity contribution is -0.138. The monoisotopic (exact) mass is 388 g/mol. The number of hydrogen-bond donors (Lipinski definition) is 2. The first-order chi connectivity index (χ1) is 13.3. The van der Waals surface area contributed by atoms with Crippen molar-refractivity contribution in [2.24, 2.45) is 0 Å². The van der Waals surface area contributed by atoms with Gasteiger partial charge in [-0.2, -0.15) is 13.2 Å². The lowest BCUT2D eigenvalue weighted by Crippen LogP contribution is -2.11. The maximum Gasteiger partial charge on any atom is 0.416 e. The number of aromatic nitrogens is 1. The zero-order valence-electron chi connectivity index (χ0n) is 14.4. The zero-order chi connectivity index (χ0) is 20.3. The van der Waals surface area contributed by atoms with Crippen molar-refractivity contribution in [3.05, 3.63) is 77.5 Å². The van der Waals surface area contributed by atoms with Gasteiger partial charge in [-0.05, 0) is 29.8 Å². The molecule has 0 amide bonds. The Kier molecular flexibility index (Phi) is 5.21. The van der Waals surface area contributed by atoms with Crippen molar-refractivity contribution in [2.45, 2.75) is 12.8 Å². The summed E-state index contributed by atoms with van der Waals surface area (Å²) in [6, 6.07) is 12.7. The second kappa shape index (κ2) is 7.59. The summed E-state index contributed by atoms with van der Waals surface area (Å²) in [5, 5.41) is 8.96. The van der Waals surface area contributed by atoms with Gasteiger partial charge in [0.2, 0.25) is 0 Å². The number of carboxylic acid groups (broad SMARTS) is 1. The Labute approximate surface area is 158 Å². The van der Waals surface area contributed by atoms with Crippen LogP contribution >= 0.6 is 0 Å². The lowest BCUT2D eigenvalue weighted by Gasteiger charge is -2.14. The fraction of sp³-hybridized carbons (Fsp3) is 0.100. The summed E-state index contributed by atoms with van der Waals surface area (Å²) >= 11 is 0. The third kappa shape index (κ3) is 4.22. The minimum Gasteiger partial charge on any atom is -0.485 e. The van der Waals surface area contributed by atoms with Gasteiger partial charge in [0, 0.05) is 17.3 Å². The molecule has 0 fully saturated rings. The number of hydrogen-bond acceptors (Lipinski definition) is 4. The fourth-order valence-electron chi connectivity index (χ4n) is 2.61. The molecule has 0 spiro atoms. The van der Waals surface area contributed by atoms with Crippen LogP contribution < -0.4 is 10.5 Å². The molecule has 0 saturated heterocycles. The molecular formula is C20H15F3N2O3. The molecule has 3 aromatic rings. The number of pyridine rings is 1. The zero-order valence-corrected chi connectivity index (χ0v) is 14.4. The van der Waals surface area contributed by atoms with Crippen LogP contribution in [0.2, 0.25) is 0 Å². The smallest absolute Gasteiger partial charge is 0.416 e. The van der Waals surface area contributed by atoms with E-state index in [0.717, 1.165) is 6.07 Å². The normalized spacial score (nSPS) is 11.2. The number of ether oxygens (including phenoxy) is 1. The van der Waals surface area contributed by atoms with Gasteiger partial charge in [0.15, 0.2) is 11.6 Å². The molecular weight excluding hydrogens is 373 g/mol. The molecule has 5 nitrogen and oxygen atoms in total. The SMILES string of the molecule is Nc1ncc(-c2ccc(C(=O)O)cc2)cc1OCc1ccccc1C(F)(F)F. The molecule has 144 valence electrons. The van der Waals surface area contributed by atoms with E-state index in [1.165, 1.54) is 36.5 Å². The Morgan fingerprint density at radius 3 is 2.39 bits per heavy atom. The molecule has 0 radical (unpaired) electrons. The van der Waals surface area contributed by atoms with E-state index < -0.39 is 17.7 Å². The number of aromatic carboxylic acids is 1. The number of alkyl halides is 3. The quantitative estimate of drug-likeness (QED) is 0.666. The summed E-state index contributed by atoms with van der Waals surface area (Å²) in [4.78, 5) is 14.9. The third-order valence-corrected chi connectivity index (χ3v) is 4.05. The lowest BCUT2D eigenvalue weighted by atomic mass is 10.1. The van der Waals surface area contributed by atoms with Crippen LogP contribution in [0.3, 0.4) is 0 Å². The average Bonchev–Trinajstić information content (AvgIpc) is 2.67. The van der Waals surface area contributed by atoms with Crippen molar-refractivity contribution in [2.75, 3.05) is 5.73 Å². The molecule has 1 aromatic heterocycles. The van der Waals surface area contributed by atoms with Gasteiger partial charge in [-0.1, -0.05) is 30.3 Å². The largest absolute Gasteiger partial charge is 0.485 e. The topological polar surface area (TPSA) is 85.4 Å². The molecule has 8 heteroatoms. The van der Waals surface area contributed by atoms with Crippen LogP contribution in [0.1, 0.15) is 21.5 Å². The molecule has 0 aliphatic rings. The van der Waals surface area contributed by atoms with Crippen molar-refractivity contribution < 1.29 is 27.8 Å². The first-order valence-corrected chi connectivity index (χ1v) is 8.13. The van der Waals surface area contributed by atoms with Crippen LogP contribution in [-0.4, -0.2) is 16.1 Å². The molecule has 0 unspecified atom stereocenters. The third-order valence-electron chi connectivity index (χ3n) is 4.05. The van der Waals surface area contributed by atoms with Crippen LogP contribution in [0.15, 0.2) is 60.8 Å². The van der Waals surface area contributed by atoms with Crippen molar-refractivity contribution in [3.63, 3.8) is 0 Å². The van der Waals surface area contributed by atoms with Crippen LogP contribution in [0.4, 0.5) is 19.0 Å². The van der Waals surface area contributed by atoms with Crippen LogP contribution in [-0.2, 0) is 12.8 Å². The van der Waals surface area contributed by atoms with E-state index in [-0.39, 0.29) is 29.3 Å². The van der Waals surface area contributed by atoms with E-state index in [2.05, 4.69) is 4.98 Å². The maximum atomic E-state index is 13.1. The highest BCUT2D eigenvalue weighted by Gasteiger charge is 2.33. The Balaban J connectivity index is 1.84. The molecule has 28 heavy (non-hydrogen) atoms. The van der Waals surface area contributed by atoms with Gasteiger partial charge < -0.3 is 15.6 Å². The minimum atomic E-state index is -4.49. The Hall–Kier alpha value is -3.55. The number of halogens is 3. The highest BCUT2D eigenvalue weighted by atomic mass is 19.4. The van der Waals surface area contributed by atoms with Crippen LogP contribution in [0, 0.1) is 0 Å². The molecule has 3 N–H and O–H groups in total. The second-order valence-corrected chi connectivity index (χ2v) is 5.93. The number of nitrogens with zero attached hydrogens (tertiary/aromatic N) is 1. The molecule has 0 atom stereocenters. The number of carbonyl (C=O) groups is 1. The minimum absolute atomic E-state index is 0.0226. The Morgan fingerprint density at radius 2 is 1.75 bits per heavy atom. The fourth-order valence-corrected chi connectivity index (χ4v) is 2.61. The summed E-state index contributed by atoms with van der Waals surface area (Å²) in [6.45, 7) is -0.330. The summed E-state index contributed by atoms with van der Waals surface area (Å²) < 4.78 is 44.8. The van der Waals surface area contributed by atoms with E-state index in [4.69, 9.17) is 15.6 Å². The standard InChI is InChI=1S/C20H15F3N2O3/c21-20(22,23)16-4-2-1-3-14(16)11-28-17-9-15(10-25-18(17)24)12-5-7-13(8-6-12)19(26)27/h1-10H,11H2,(H2,24,25)(H,26,27). The summed E-state index contributed by atoms with van der Waals surface area (Å²) in [7, 11) is 0. The van der Waals surface area contributed by atoms with Crippen LogP contribution in [0.5, 0.6) is 5.75 Å². The highest BCUT2D eigenvalue weighted by molar-refractivity contribution is 5.88. The summed E-state index contributed by atoms with van der Waals surface area (Å²) in [6.07, 6.45) is -3.01. The molecule has 0 bridgehead atoms. The molecule has 0 aliphatic carbocycles. The maximum absolute atomic E-state index is 13.1. The van der Waals surface area contributed by atoms with Gasteiger partial charge >= 0.3 is 12.1 Å². The number of benzene rings is 2. The molecule has 0 aliphatic heterocycles. The second-order valence-electron chi connectivity index (χ2n) is 5.93. The summed E-state index contributed by atoms with van der Waals surface area (Å²) in [5.41, 5.74) is 6.37. The molecule has 1 heterocycles. The van der Waals surface area contributed by atoms with E-state index in [1.54, 1.807) is 18.2 Å². The van der Waals surface area contributed by atoms with Crippen LogP contribution in [0.25, 0.3) is 11.1 Å². The van der Waals surface area contributed by atoms with Gasteiger partial charge in [0.05, 0.1) is 11.1 Å². The Bertz CT molecular complexity index is 1000. The number of nitrogens with two attached hydrogens (primary N) is 1. The molecule has 2 aromatic carbocycles. The van der Waals surface area contributed by atoms with Gasteiger partial charge in [-0.25, -0.2) is 9.78 Å². The highest BCUT2D eigenvalue weighted by Crippen LogP contribution is 2.33. The van der Waals surface area contributed by atoms with Gasteiger partial charge in [0.1, 0.15) is 6.61 Å². The number of nitrogen functional groups attached to an aromatic ring is 1. The van der Waals surface area contributed by atoms with E-state index in [0.29, 0.717) is 11.1 Å². The number of anilines is 1. The van der Waals surface area contributed by atoms with Crippen molar-refractivity contribution in [1.82, 2.24) is 4.98 Å². The Morgan fingerprint density at radius 1 is 1.07 bits per heavy atom. The van der Waals surface area contributed by atoms with E-state index in [1.807, 2.05) is 0 Å². The summed E-state index contributed by atoms with van der Waals surface area (Å²) in [5.74, 6) is -0.874. The van der Waals surface area contributed by atoms with E-state index in [9.17, 15) is 18.0 Å². The van der Waals surface area contributed by atoms with Crippen molar-refractivity contribution in [1.29, 1.82) is 0 Å². The predicted molar refractivity (Wildman–Crippen MR) is 96.8 cm³/mol. The van der Waals surface area contributed by atoms with Gasteiger partial charge in [-0.15, -0.1) is 0 Å². The average molecular weight is 388 g/mol. The molecule has 0 saturated carbocycles. The number of rotatable bonds is 5.